The van der Waals surface area contributed by atoms with Crippen LogP contribution in [0.15, 0.2) is 35.0 Å². The molecule has 1 amide bonds. The number of ether oxygens (including phenoxy) is 4. The zero-order valence-electron chi connectivity index (χ0n) is 14.6. The van der Waals surface area contributed by atoms with Crippen molar-refractivity contribution in [3.8, 4) is 17.2 Å². The van der Waals surface area contributed by atoms with E-state index in [1.807, 2.05) is 16.8 Å². The first-order chi connectivity index (χ1) is 12.6. The quantitative estimate of drug-likeness (QED) is 0.563. The molecular weight excluding hydrogens is 358 g/mol. The van der Waals surface area contributed by atoms with Crippen molar-refractivity contribution in [1.29, 1.82) is 0 Å². The van der Waals surface area contributed by atoms with Crippen LogP contribution in [0.2, 0.25) is 0 Å². The maximum absolute atomic E-state index is 12.0. The summed E-state index contributed by atoms with van der Waals surface area (Å²) in [4.78, 5) is 23.6. The van der Waals surface area contributed by atoms with Gasteiger partial charge in [0.2, 0.25) is 5.75 Å². The second kappa shape index (κ2) is 9.47. The van der Waals surface area contributed by atoms with Gasteiger partial charge in [-0.3, -0.25) is 4.79 Å². The van der Waals surface area contributed by atoms with E-state index in [4.69, 9.17) is 18.9 Å². The fourth-order valence-corrected chi connectivity index (χ4v) is 2.70. The summed E-state index contributed by atoms with van der Waals surface area (Å²) in [5.74, 6) is 0.126. The molecule has 0 aliphatic heterocycles. The Bertz CT molecular complexity index is 760. The van der Waals surface area contributed by atoms with Gasteiger partial charge in [0.15, 0.2) is 18.1 Å². The number of esters is 1. The van der Waals surface area contributed by atoms with E-state index in [1.54, 1.807) is 18.2 Å². The first-order valence-electron chi connectivity index (χ1n) is 7.54. The molecule has 0 spiro atoms. The smallest absolute Gasteiger partial charge is 0.331 e. The van der Waals surface area contributed by atoms with Gasteiger partial charge in [-0.05, 0) is 28.5 Å². The molecule has 0 fully saturated rings. The van der Waals surface area contributed by atoms with Crippen LogP contribution in [0, 0.1) is 0 Å². The van der Waals surface area contributed by atoms with E-state index in [-0.39, 0.29) is 0 Å². The van der Waals surface area contributed by atoms with Gasteiger partial charge in [-0.1, -0.05) is 0 Å². The normalized spacial score (nSPS) is 10.4. The third-order valence-electron chi connectivity index (χ3n) is 3.25. The number of benzene rings is 1. The van der Waals surface area contributed by atoms with Gasteiger partial charge in [-0.15, -0.1) is 0 Å². The van der Waals surface area contributed by atoms with Crippen molar-refractivity contribution in [3.63, 3.8) is 0 Å². The topological polar surface area (TPSA) is 83.1 Å². The number of carbonyl (C=O) groups is 2. The minimum absolute atomic E-state index is 0.401. The van der Waals surface area contributed by atoms with E-state index in [0.717, 1.165) is 5.56 Å². The SMILES string of the molecule is COc1cc(NC(=O)COC(=O)/C=C/c2ccsc2)cc(OC)c1OC. The lowest BCUT2D eigenvalue weighted by Crippen LogP contribution is -2.20. The Morgan fingerprint density at radius 1 is 1.12 bits per heavy atom. The van der Waals surface area contributed by atoms with Crippen molar-refractivity contribution in [2.24, 2.45) is 0 Å². The van der Waals surface area contributed by atoms with E-state index < -0.39 is 18.5 Å². The molecule has 1 aromatic carbocycles. The van der Waals surface area contributed by atoms with Crippen LogP contribution < -0.4 is 19.5 Å². The number of carbonyl (C=O) groups excluding carboxylic acids is 2. The molecule has 2 aromatic rings. The van der Waals surface area contributed by atoms with Crippen LogP contribution in [-0.2, 0) is 14.3 Å². The Morgan fingerprint density at radius 2 is 1.81 bits per heavy atom. The van der Waals surface area contributed by atoms with Crippen LogP contribution >= 0.6 is 11.3 Å². The van der Waals surface area contributed by atoms with Crippen molar-refractivity contribution < 1.29 is 28.5 Å². The van der Waals surface area contributed by atoms with E-state index >= 15 is 0 Å². The van der Waals surface area contributed by atoms with Crippen molar-refractivity contribution in [2.75, 3.05) is 33.3 Å². The second-order valence-electron chi connectivity index (χ2n) is 4.96. The number of hydrogen-bond donors (Lipinski definition) is 1. The maximum atomic E-state index is 12.0. The highest BCUT2D eigenvalue weighted by atomic mass is 32.1. The van der Waals surface area contributed by atoms with Crippen molar-refractivity contribution in [3.05, 3.63) is 40.6 Å². The molecule has 0 radical (unpaired) electrons. The summed E-state index contributed by atoms with van der Waals surface area (Å²) in [5.41, 5.74) is 1.32. The van der Waals surface area contributed by atoms with Gasteiger partial charge < -0.3 is 24.3 Å². The summed E-state index contributed by atoms with van der Waals surface area (Å²) in [5, 5.41) is 6.40. The molecule has 0 bridgehead atoms. The van der Waals surface area contributed by atoms with Gasteiger partial charge in [0.25, 0.3) is 5.91 Å². The van der Waals surface area contributed by atoms with Crippen LogP contribution in [0.1, 0.15) is 5.56 Å². The maximum Gasteiger partial charge on any atom is 0.331 e. The average Bonchev–Trinajstić information content (AvgIpc) is 3.17. The van der Waals surface area contributed by atoms with Gasteiger partial charge >= 0.3 is 5.97 Å². The van der Waals surface area contributed by atoms with Crippen molar-refractivity contribution >= 4 is 35.0 Å². The molecule has 0 aliphatic rings. The van der Waals surface area contributed by atoms with Gasteiger partial charge in [-0.25, -0.2) is 4.79 Å². The molecule has 7 nitrogen and oxygen atoms in total. The lowest BCUT2D eigenvalue weighted by molar-refractivity contribution is -0.142. The number of methoxy groups -OCH3 is 3. The first-order valence-corrected chi connectivity index (χ1v) is 8.48. The molecule has 1 aromatic heterocycles. The predicted molar refractivity (Wildman–Crippen MR) is 99.0 cm³/mol. The molecule has 0 aliphatic carbocycles. The Labute approximate surface area is 155 Å². The third-order valence-corrected chi connectivity index (χ3v) is 3.95. The number of nitrogens with one attached hydrogen (secondary N) is 1. The molecule has 0 saturated carbocycles. The van der Waals surface area contributed by atoms with E-state index in [1.165, 1.54) is 38.7 Å². The summed E-state index contributed by atoms with van der Waals surface area (Å²) >= 11 is 1.52. The number of thiophene rings is 1. The number of rotatable bonds is 8. The molecule has 26 heavy (non-hydrogen) atoms. The molecular formula is C18H19NO6S. The van der Waals surface area contributed by atoms with Crippen molar-refractivity contribution in [2.45, 2.75) is 0 Å². The zero-order chi connectivity index (χ0) is 18.9. The summed E-state index contributed by atoms with van der Waals surface area (Å²) in [6.45, 7) is -0.413. The second-order valence-corrected chi connectivity index (χ2v) is 5.74. The minimum atomic E-state index is -0.601. The van der Waals surface area contributed by atoms with Crippen LogP contribution in [0.25, 0.3) is 6.08 Å². The highest BCUT2D eigenvalue weighted by molar-refractivity contribution is 7.08. The van der Waals surface area contributed by atoms with Crippen LogP contribution in [-0.4, -0.2) is 39.8 Å². The molecule has 2 rings (SSSR count). The standard InChI is InChI=1S/C18H19NO6S/c1-22-14-8-13(9-15(23-2)18(14)24-3)19-16(20)10-25-17(21)5-4-12-6-7-26-11-12/h4-9,11H,10H2,1-3H3,(H,19,20)/b5-4+. The lowest BCUT2D eigenvalue weighted by atomic mass is 10.2. The summed E-state index contributed by atoms with van der Waals surface area (Å²) in [7, 11) is 4.44. The first kappa shape index (κ1) is 19.3. The number of amides is 1. The fraction of sp³-hybridized carbons (Fsp3) is 0.222. The Morgan fingerprint density at radius 3 is 2.35 bits per heavy atom. The van der Waals surface area contributed by atoms with Crippen molar-refractivity contribution in [1.82, 2.24) is 0 Å². The third kappa shape index (κ3) is 5.25. The summed E-state index contributed by atoms with van der Waals surface area (Å²) < 4.78 is 20.6. The summed E-state index contributed by atoms with van der Waals surface area (Å²) in [6.07, 6.45) is 2.89. The monoisotopic (exact) mass is 377 g/mol. The van der Waals surface area contributed by atoms with Crippen LogP contribution in [0.3, 0.4) is 0 Å². The van der Waals surface area contributed by atoms with Crippen LogP contribution in [0.5, 0.6) is 17.2 Å². The zero-order valence-corrected chi connectivity index (χ0v) is 15.4. The van der Waals surface area contributed by atoms with E-state index in [2.05, 4.69) is 5.32 Å². The molecule has 8 heteroatoms. The molecule has 0 saturated heterocycles. The largest absolute Gasteiger partial charge is 0.493 e. The van der Waals surface area contributed by atoms with Crippen LogP contribution in [0.4, 0.5) is 5.69 Å². The van der Waals surface area contributed by atoms with Gasteiger partial charge in [0, 0.05) is 23.9 Å². The Balaban J connectivity index is 1.94. The molecule has 1 heterocycles. The Kier molecular flexibility index (Phi) is 7.04. The lowest BCUT2D eigenvalue weighted by Gasteiger charge is -2.14. The number of hydrogen-bond acceptors (Lipinski definition) is 7. The highest BCUT2D eigenvalue weighted by Gasteiger charge is 2.15. The molecule has 138 valence electrons. The summed E-state index contributed by atoms with van der Waals surface area (Å²) in [6, 6.07) is 5.03. The molecule has 1 N–H and O–H groups in total. The van der Waals surface area contributed by atoms with Gasteiger partial charge in [0.05, 0.1) is 21.3 Å². The Hall–Kier alpha value is -3.00. The molecule has 0 atom stereocenters. The molecule has 0 unspecified atom stereocenters. The predicted octanol–water partition coefficient (Wildman–Crippen LogP) is 2.97. The van der Waals surface area contributed by atoms with E-state index in [9.17, 15) is 9.59 Å². The fourth-order valence-electron chi connectivity index (χ4n) is 2.07. The minimum Gasteiger partial charge on any atom is -0.493 e. The highest BCUT2D eigenvalue weighted by Crippen LogP contribution is 2.39. The number of anilines is 1. The van der Waals surface area contributed by atoms with Gasteiger partial charge in [0.1, 0.15) is 0 Å². The van der Waals surface area contributed by atoms with Gasteiger partial charge in [-0.2, -0.15) is 11.3 Å². The average molecular weight is 377 g/mol. The van der Waals surface area contributed by atoms with E-state index in [0.29, 0.717) is 22.9 Å².